The van der Waals surface area contributed by atoms with Crippen LogP contribution in [0.3, 0.4) is 0 Å². The van der Waals surface area contributed by atoms with Crippen molar-refractivity contribution in [2.45, 2.75) is 44.5 Å². The standard InChI is InChI=1S/C37H44N2O8/c1-42-19-5-22-46-36-16-13-29-10-9-27(23-33(29)38-36)25-47-35-24-39(37(40)41)18-17-32(35)28-11-14-31(15-12-28)45-21-6-20-44-26-30-7-3-4-8-34(30)43-2/h3-4,7-16,23,32,35H,5-6,17-22,24-26H2,1-2H3,(H,40,41). The summed E-state index contributed by atoms with van der Waals surface area (Å²) in [6.45, 7) is 3.88. The largest absolute Gasteiger partial charge is 0.496 e. The molecule has 1 aromatic heterocycles. The van der Waals surface area contributed by atoms with Gasteiger partial charge in [-0.3, -0.25) is 0 Å². The lowest BCUT2D eigenvalue weighted by molar-refractivity contribution is -0.0199. The maximum absolute atomic E-state index is 11.8. The summed E-state index contributed by atoms with van der Waals surface area (Å²) in [6, 6.07) is 25.8. The highest BCUT2D eigenvalue weighted by Gasteiger charge is 2.33. The van der Waals surface area contributed by atoms with Crippen LogP contribution in [-0.4, -0.2) is 80.9 Å². The molecule has 10 heteroatoms. The first-order chi connectivity index (χ1) is 23.0. The normalized spacial score (nSPS) is 16.3. The van der Waals surface area contributed by atoms with Crippen LogP contribution in [0.25, 0.3) is 10.9 Å². The van der Waals surface area contributed by atoms with E-state index in [-0.39, 0.29) is 12.0 Å². The number of likely N-dealkylation sites (tertiary alicyclic amines) is 1. The van der Waals surface area contributed by atoms with Crippen LogP contribution in [0.4, 0.5) is 4.79 Å². The van der Waals surface area contributed by atoms with Gasteiger partial charge in [-0.1, -0.05) is 42.5 Å². The fraction of sp³-hybridized carbons (Fsp3) is 0.405. The fourth-order valence-electron chi connectivity index (χ4n) is 5.70. The third-order valence-electron chi connectivity index (χ3n) is 8.23. The molecule has 1 saturated heterocycles. The molecule has 2 unspecified atom stereocenters. The predicted octanol–water partition coefficient (Wildman–Crippen LogP) is 6.70. The zero-order chi connectivity index (χ0) is 32.8. The second-order valence-electron chi connectivity index (χ2n) is 11.5. The molecule has 1 amide bonds. The number of piperidine rings is 1. The lowest BCUT2D eigenvalue weighted by Gasteiger charge is -2.37. The predicted molar refractivity (Wildman–Crippen MR) is 178 cm³/mol. The summed E-state index contributed by atoms with van der Waals surface area (Å²) in [5.41, 5.74) is 3.90. The van der Waals surface area contributed by atoms with E-state index in [4.69, 9.17) is 28.4 Å². The Bertz CT molecular complexity index is 1560. The third-order valence-corrected chi connectivity index (χ3v) is 8.23. The minimum absolute atomic E-state index is 0.0497. The van der Waals surface area contributed by atoms with Crippen molar-refractivity contribution in [3.63, 3.8) is 0 Å². The van der Waals surface area contributed by atoms with Crippen LogP contribution in [0.2, 0.25) is 0 Å². The molecule has 2 atom stereocenters. The van der Waals surface area contributed by atoms with Gasteiger partial charge in [-0.15, -0.1) is 0 Å². The van der Waals surface area contributed by atoms with Gasteiger partial charge in [0.25, 0.3) is 0 Å². The van der Waals surface area contributed by atoms with Crippen molar-refractivity contribution < 1.29 is 38.3 Å². The number of pyridine rings is 1. The minimum Gasteiger partial charge on any atom is -0.496 e. The summed E-state index contributed by atoms with van der Waals surface area (Å²) >= 11 is 0. The van der Waals surface area contributed by atoms with E-state index in [0.717, 1.165) is 51.9 Å². The number of nitrogens with zero attached hydrogens (tertiary/aromatic N) is 2. The second kappa shape index (κ2) is 17.5. The van der Waals surface area contributed by atoms with Gasteiger partial charge >= 0.3 is 6.09 Å². The summed E-state index contributed by atoms with van der Waals surface area (Å²) in [5, 5.41) is 10.7. The van der Waals surface area contributed by atoms with Crippen molar-refractivity contribution in [1.29, 1.82) is 0 Å². The summed E-state index contributed by atoms with van der Waals surface area (Å²) in [5.74, 6) is 2.23. The van der Waals surface area contributed by atoms with E-state index in [2.05, 4.69) is 17.1 Å². The van der Waals surface area contributed by atoms with Crippen molar-refractivity contribution in [3.8, 4) is 17.4 Å². The van der Waals surface area contributed by atoms with Crippen LogP contribution >= 0.6 is 0 Å². The van der Waals surface area contributed by atoms with E-state index in [0.29, 0.717) is 65.0 Å². The summed E-state index contributed by atoms with van der Waals surface area (Å²) in [7, 11) is 3.33. The molecule has 47 heavy (non-hydrogen) atoms. The number of methoxy groups -OCH3 is 2. The van der Waals surface area contributed by atoms with Gasteiger partial charge in [0, 0.05) is 56.0 Å². The Hall–Kier alpha value is -4.38. The smallest absolute Gasteiger partial charge is 0.407 e. The van der Waals surface area contributed by atoms with Crippen molar-refractivity contribution in [2.24, 2.45) is 0 Å². The number of rotatable bonds is 17. The van der Waals surface area contributed by atoms with Gasteiger partial charge in [-0.25, -0.2) is 9.78 Å². The zero-order valence-electron chi connectivity index (χ0n) is 27.1. The number of hydrogen-bond donors (Lipinski definition) is 1. The fourth-order valence-corrected chi connectivity index (χ4v) is 5.70. The van der Waals surface area contributed by atoms with Crippen molar-refractivity contribution in [3.05, 3.63) is 95.6 Å². The molecule has 10 nitrogen and oxygen atoms in total. The summed E-state index contributed by atoms with van der Waals surface area (Å²) in [4.78, 5) is 17.9. The molecule has 4 aromatic rings. The Balaban J connectivity index is 1.14. The molecular formula is C37H44N2O8. The summed E-state index contributed by atoms with van der Waals surface area (Å²) < 4.78 is 34.4. The lowest BCUT2D eigenvalue weighted by atomic mass is 9.87. The molecule has 1 aliphatic rings. The number of para-hydroxylation sites is 1. The van der Waals surface area contributed by atoms with Gasteiger partial charge in [0.15, 0.2) is 0 Å². The number of ether oxygens (including phenoxy) is 6. The monoisotopic (exact) mass is 644 g/mol. The van der Waals surface area contributed by atoms with Crippen molar-refractivity contribution >= 4 is 17.0 Å². The van der Waals surface area contributed by atoms with E-state index in [1.165, 1.54) is 4.90 Å². The van der Waals surface area contributed by atoms with Gasteiger partial charge in [-0.05, 0) is 47.9 Å². The molecule has 2 heterocycles. The Morgan fingerprint density at radius 1 is 0.894 bits per heavy atom. The Morgan fingerprint density at radius 3 is 2.49 bits per heavy atom. The molecule has 1 aliphatic heterocycles. The minimum atomic E-state index is -0.930. The number of carboxylic acid groups (broad SMARTS) is 1. The third kappa shape index (κ3) is 9.81. The molecule has 250 valence electrons. The molecule has 5 rings (SSSR count). The summed E-state index contributed by atoms with van der Waals surface area (Å²) in [6.07, 6.45) is 0.987. The van der Waals surface area contributed by atoms with Crippen molar-refractivity contribution in [1.82, 2.24) is 9.88 Å². The molecule has 0 spiro atoms. The first kappa shape index (κ1) is 34.0. The average molecular weight is 645 g/mol. The molecule has 1 fully saturated rings. The highest BCUT2D eigenvalue weighted by Crippen LogP contribution is 2.32. The molecule has 0 radical (unpaired) electrons. The van der Waals surface area contributed by atoms with Gasteiger partial charge in [0.2, 0.25) is 5.88 Å². The topological polar surface area (TPSA) is 109 Å². The molecule has 0 aliphatic carbocycles. The first-order valence-corrected chi connectivity index (χ1v) is 16.1. The van der Waals surface area contributed by atoms with Crippen molar-refractivity contribution in [2.75, 3.05) is 53.7 Å². The molecule has 0 saturated carbocycles. The lowest BCUT2D eigenvalue weighted by Crippen LogP contribution is -2.46. The maximum atomic E-state index is 11.8. The van der Waals surface area contributed by atoms with E-state index in [1.54, 1.807) is 14.2 Å². The Kier molecular flexibility index (Phi) is 12.7. The number of amides is 1. The van der Waals surface area contributed by atoms with Crippen LogP contribution in [0.5, 0.6) is 17.4 Å². The average Bonchev–Trinajstić information content (AvgIpc) is 3.10. The first-order valence-electron chi connectivity index (χ1n) is 16.1. The van der Waals surface area contributed by atoms with Crippen LogP contribution in [0.1, 0.15) is 41.9 Å². The number of carbonyl (C=O) groups is 1. The van der Waals surface area contributed by atoms with Gasteiger partial charge in [-0.2, -0.15) is 0 Å². The van der Waals surface area contributed by atoms with E-state index < -0.39 is 6.09 Å². The van der Waals surface area contributed by atoms with E-state index in [9.17, 15) is 9.90 Å². The Morgan fingerprint density at radius 2 is 1.68 bits per heavy atom. The van der Waals surface area contributed by atoms with E-state index >= 15 is 0 Å². The molecular weight excluding hydrogens is 600 g/mol. The van der Waals surface area contributed by atoms with Crippen LogP contribution in [0.15, 0.2) is 78.9 Å². The Labute approximate surface area is 276 Å². The quantitative estimate of drug-likeness (QED) is 0.126. The number of fused-ring (bicyclic) bond motifs is 1. The number of benzene rings is 3. The molecule has 3 aromatic carbocycles. The van der Waals surface area contributed by atoms with E-state index in [1.807, 2.05) is 66.7 Å². The SMILES string of the molecule is COCCCOc1ccc2ccc(COC3CN(C(=O)O)CCC3c3ccc(OCCCOCc4ccccc4OC)cc3)cc2n1. The zero-order valence-corrected chi connectivity index (χ0v) is 27.1. The van der Waals surface area contributed by atoms with Crippen LogP contribution in [0, 0.1) is 0 Å². The second-order valence-corrected chi connectivity index (χ2v) is 11.5. The highest BCUT2D eigenvalue weighted by atomic mass is 16.5. The van der Waals surface area contributed by atoms with Gasteiger partial charge < -0.3 is 38.4 Å². The van der Waals surface area contributed by atoms with Crippen LogP contribution < -0.4 is 14.2 Å². The highest BCUT2D eigenvalue weighted by molar-refractivity contribution is 5.79. The molecule has 1 N–H and O–H groups in total. The van der Waals surface area contributed by atoms with Gasteiger partial charge in [0.1, 0.15) is 11.5 Å². The number of hydrogen-bond acceptors (Lipinski definition) is 8. The van der Waals surface area contributed by atoms with Crippen LogP contribution in [-0.2, 0) is 27.4 Å². The van der Waals surface area contributed by atoms with Gasteiger partial charge in [0.05, 0.1) is 58.3 Å². The number of aromatic nitrogens is 1. The maximum Gasteiger partial charge on any atom is 0.407 e. The molecule has 0 bridgehead atoms.